The SMILES string of the molecule is S=C(S)OC1CC2CC1C1CCCC21. The normalized spacial score (nSPS) is 49.4. The van der Waals surface area contributed by atoms with E-state index in [4.69, 9.17) is 17.0 Å². The fourth-order valence-corrected chi connectivity index (χ4v) is 4.53. The molecule has 3 fully saturated rings. The molecule has 78 valence electrons. The van der Waals surface area contributed by atoms with Crippen LogP contribution in [-0.4, -0.2) is 10.5 Å². The van der Waals surface area contributed by atoms with Gasteiger partial charge < -0.3 is 4.74 Å². The van der Waals surface area contributed by atoms with Crippen molar-refractivity contribution in [3.8, 4) is 0 Å². The Morgan fingerprint density at radius 1 is 1.14 bits per heavy atom. The van der Waals surface area contributed by atoms with E-state index in [1.165, 1.54) is 32.1 Å². The maximum atomic E-state index is 5.65. The average Bonchev–Trinajstić information content (AvgIpc) is 2.68. The summed E-state index contributed by atoms with van der Waals surface area (Å²) in [5.74, 6) is 3.74. The van der Waals surface area contributed by atoms with Crippen molar-refractivity contribution in [3.63, 3.8) is 0 Å². The number of hydrogen-bond acceptors (Lipinski definition) is 2. The summed E-state index contributed by atoms with van der Waals surface area (Å²) in [6, 6.07) is 0. The molecule has 0 radical (unpaired) electrons. The maximum Gasteiger partial charge on any atom is 0.217 e. The molecule has 0 heterocycles. The van der Waals surface area contributed by atoms with Gasteiger partial charge in [-0.15, -0.1) is 0 Å². The molecule has 0 saturated heterocycles. The average molecular weight is 228 g/mol. The summed E-state index contributed by atoms with van der Waals surface area (Å²) in [5, 5.41) is 0. The van der Waals surface area contributed by atoms with Crippen LogP contribution < -0.4 is 0 Å². The van der Waals surface area contributed by atoms with Gasteiger partial charge in [0.2, 0.25) is 4.38 Å². The summed E-state index contributed by atoms with van der Waals surface area (Å²) in [7, 11) is 0. The van der Waals surface area contributed by atoms with Gasteiger partial charge in [0.25, 0.3) is 0 Å². The lowest BCUT2D eigenvalue weighted by atomic mass is 9.80. The molecule has 3 heteroatoms. The van der Waals surface area contributed by atoms with E-state index in [2.05, 4.69) is 12.6 Å². The monoisotopic (exact) mass is 228 g/mol. The molecule has 1 nitrogen and oxygen atoms in total. The highest BCUT2D eigenvalue weighted by atomic mass is 32.1. The molecular weight excluding hydrogens is 212 g/mol. The van der Waals surface area contributed by atoms with Crippen LogP contribution in [0.25, 0.3) is 0 Å². The largest absolute Gasteiger partial charge is 0.475 e. The lowest BCUT2D eigenvalue weighted by Crippen LogP contribution is -2.30. The maximum absolute atomic E-state index is 5.65. The van der Waals surface area contributed by atoms with E-state index in [9.17, 15) is 0 Å². The van der Waals surface area contributed by atoms with Gasteiger partial charge in [0.1, 0.15) is 6.10 Å². The van der Waals surface area contributed by atoms with E-state index in [1.807, 2.05) is 0 Å². The van der Waals surface area contributed by atoms with Gasteiger partial charge >= 0.3 is 0 Å². The van der Waals surface area contributed by atoms with Gasteiger partial charge in [0.05, 0.1) is 0 Å². The molecule has 14 heavy (non-hydrogen) atoms. The van der Waals surface area contributed by atoms with Crippen molar-refractivity contribution in [1.82, 2.24) is 0 Å². The molecule has 0 aliphatic heterocycles. The first-order chi connectivity index (χ1) is 6.75. The Kier molecular flexibility index (Phi) is 2.28. The van der Waals surface area contributed by atoms with Gasteiger partial charge in [-0.25, -0.2) is 0 Å². The molecule has 3 saturated carbocycles. The first kappa shape index (κ1) is 9.46. The molecule has 0 aromatic rings. The Morgan fingerprint density at radius 3 is 2.71 bits per heavy atom. The van der Waals surface area contributed by atoms with Gasteiger partial charge in [-0.3, -0.25) is 0 Å². The van der Waals surface area contributed by atoms with Crippen molar-refractivity contribution in [3.05, 3.63) is 0 Å². The van der Waals surface area contributed by atoms with Crippen molar-refractivity contribution < 1.29 is 4.74 Å². The number of fused-ring (bicyclic) bond motifs is 5. The zero-order valence-electron chi connectivity index (χ0n) is 8.19. The minimum Gasteiger partial charge on any atom is -0.475 e. The minimum atomic E-state index is 0.407. The summed E-state index contributed by atoms with van der Waals surface area (Å²) in [4.78, 5) is 0. The molecule has 0 amide bonds. The standard InChI is InChI=1S/C11H16OS2/c13-11(14)12-10-5-6-4-9(10)8-3-1-2-7(6)8/h6-10H,1-5H2,(H,13,14). The highest BCUT2D eigenvalue weighted by Crippen LogP contribution is 2.59. The predicted molar refractivity (Wildman–Crippen MR) is 63.5 cm³/mol. The van der Waals surface area contributed by atoms with Crippen LogP contribution in [0.2, 0.25) is 0 Å². The minimum absolute atomic E-state index is 0.407. The number of ether oxygens (including phenoxy) is 1. The molecule has 0 aromatic heterocycles. The highest BCUT2D eigenvalue weighted by Gasteiger charge is 2.54. The van der Waals surface area contributed by atoms with Crippen molar-refractivity contribution in [1.29, 1.82) is 0 Å². The van der Waals surface area contributed by atoms with Crippen molar-refractivity contribution in [2.45, 2.75) is 38.2 Å². The fraction of sp³-hybridized carbons (Fsp3) is 0.909. The van der Waals surface area contributed by atoms with Crippen LogP contribution in [0.4, 0.5) is 0 Å². The van der Waals surface area contributed by atoms with E-state index in [-0.39, 0.29) is 0 Å². The quantitative estimate of drug-likeness (QED) is 0.545. The second-order valence-electron chi connectivity index (χ2n) is 5.08. The van der Waals surface area contributed by atoms with Gasteiger partial charge in [0, 0.05) is 0 Å². The van der Waals surface area contributed by atoms with Crippen LogP contribution in [0.1, 0.15) is 32.1 Å². The fourth-order valence-electron chi connectivity index (χ4n) is 4.27. The molecule has 5 atom stereocenters. The Balaban J connectivity index is 1.73. The first-order valence-electron chi connectivity index (χ1n) is 5.65. The number of thiol groups is 1. The van der Waals surface area contributed by atoms with Crippen molar-refractivity contribution >= 4 is 29.2 Å². The summed E-state index contributed by atoms with van der Waals surface area (Å²) in [6.45, 7) is 0. The summed E-state index contributed by atoms with van der Waals surface area (Å²) in [6.07, 6.45) is 7.41. The summed E-state index contributed by atoms with van der Waals surface area (Å²) >= 11 is 8.98. The molecule has 0 N–H and O–H groups in total. The van der Waals surface area contributed by atoms with Gasteiger partial charge in [-0.1, -0.05) is 19.0 Å². The van der Waals surface area contributed by atoms with Crippen LogP contribution in [0.5, 0.6) is 0 Å². The van der Waals surface area contributed by atoms with Crippen LogP contribution >= 0.6 is 24.8 Å². The third-order valence-corrected chi connectivity index (χ3v) is 4.82. The van der Waals surface area contributed by atoms with Crippen molar-refractivity contribution in [2.75, 3.05) is 0 Å². The Morgan fingerprint density at radius 2 is 1.93 bits per heavy atom. The Bertz CT molecular complexity index is 266. The van der Waals surface area contributed by atoms with E-state index >= 15 is 0 Å². The molecule has 0 aromatic carbocycles. The predicted octanol–water partition coefficient (Wildman–Crippen LogP) is 3.04. The number of thiocarbonyl (C=S) groups is 1. The lowest BCUT2D eigenvalue weighted by Gasteiger charge is -2.31. The molecule has 0 spiro atoms. The van der Waals surface area contributed by atoms with Crippen LogP contribution in [0, 0.1) is 23.7 Å². The number of rotatable bonds is 1. The van der Waals surface area contributed by atoms with Gasteiger partial charge in [0.15, 0.2) is 0 Å². The molecular formula is C11H16OS2. The zero-order chi connectivity index (χ0) is 9.71. The molecule has 5 unspecified atom stereocenters. The lowest BCUT2D eigenvalue weighted by molar-refractivity contribution is 0.0814. The van der Waals surface area contributed by atoms with E-state index in [1.54, 1.807) is 0 Å². The van der Waals surface area contributed by atoms with Gasteiger partial charge in [-0.2, -0.15) is 0 Å². The van der Waals surface area contributed by atoms with E-state index in [0.29, 0.717) is 10.5 Å². The first-order valence-corrected chi connectivity index (χ1v) is 6.51. The third-order valence-electron chi connectivity index (χ3n) is 4.62. The van der Waals surface area contributed by atoms with Crippen LogP contribution in [0.3, 0.4) is 0 Å². The molecule has 3 rings (SSSR count). The second-order valence-corrected chi connectivity index (χ2v) is 6.16. The Hall–Kier alpha value is 0.240. The smallest absolute Gasteiger partial charge is 0.217 e. The van der Waals surface area contributed by atoms with Crippen LogP contribution in [-0.2, 0) is 4.74 Å². The third kappa shape index (κ3) is 1.32. The molecule has 2 bridgehead atoms. The van der Waals surface area contributed by atoms with Crippen LogP contribution in [0.15, 0.2) is 0 Å². The van der Waals surface area contributed by atoms with Crippen molar-refractivity contribution in [2.24, 2.45) is 23.7 Å². The highest BCUT2D eigenvalue weighted by molar-refractivity contribution is 8.10. The van der Waals surface area contributed by atoms with Gasteiger partial charge in [-0.05, 0) is 61.6 Å². The summed E-state index contributed by atoms with van der Waals surface area (Å²) < 4.78 is 6.09. The molecule has 3 aliphatic rings. The van der Waals surface area contributed by atoms with E-state index in [0.717, 1.165) is 23.7 Å². The number of hydrogen-bond donors (Lipinski definition) is 1. The second kappa shape index (κ2) is 3.38. The Labute approximate surface area is 96.0 Å². The summed E-state index contributed by atoms with van der Waals surface area (Å²) in [5.41, 5.74) is 0. The molecule has 3 aliphatic carbocycles. The topological polar surface area (TPSA) is 9.23 Å². The zero-order valence-corrected chi connectivity index (χ0v) is 9.90. The van der Waals surface area contributed by atoms with E-state index < -0.39 is 0 Å².